The average molecular weight is 444 g/mol. The number of benzene rings is 3. The molecule has 0 bridgehead atoms. The molecule has 3 aromatic carbocycles. The van der Waals surface area contributed by atoms with Gasteiger partial charge in [-0.15, -0.1) is 0 Å². The van der Waals surface area contributed by atoms with Crippen LogP contribution in [0, 0.1) is 0 Å². The molecule has 3 aromatic heterocycles. The maximum atomic E-state index is 6.04. The Kier molecular flexibility index (Phi) is 4.92. The first-order valence-electron chi connectivity index (χ1n) is 11.0. The maximum Gasteiger partial charge on any atom is 0.262 e. The number of hydrogen-bond donors (Lipinski definition) is 0. The second-order valence-electron chi connectivity index (χ2n) is 7.91. The molecule has 0 atom stereocenters. The molecule has 3 heterocycles. The molecule has 5 nitrogen and oxygen atoms in total. The Balaban J connectivity index is 1.48. The molecule has 164 valence electrons. The van der Waals surface area contributed by atoms with Gasteiger partial charge in [0, 0.05) is 23.2 Å². The first kappa shape index (κ1) is 20.0. The van der Waals surface area contributed by atoms with Gasteiger partial charge in [-0.25, -0.2) is 9.97 Å². The molecular formula is C29H21N3O2. The third kappa shape index (κ3) is 3.44. The lowest BCUT2D eigenvalue weighted by molar-refractivity contribution is 0.369. The molecule has 34 heavy (non-hydrogen) atoms. The molecule has 0 saturated carbocycles. The van der Waals surface area contributed by atoms with Gasteiger partial charge in [0.2, 0.25) is 0 Å². The average Bonchev–Trinajstić information content (AvgIpc) is 3.23. The van der Waals surface area contributed by atoms with Crippen LogP contribution in [-0.4, -0.2) is 21.6 Å². The van der Waals surface area contributed by atoms with Gasteiger partial charge in [-0.05, 0) is 59.7 Å². The van der Waals surface area contributed by atoms with Gasteiger partial charge in [0.05, 0.1) is 18.1 Å². The number of nitrogens with zero attached hydrogens (tertiary/aromatic N) is 3. The van der Waals surface area contributed by atoms with E-state index in [-0.39, 0.29) is 0 Å². The van der Waals surface area contributed by atoms with Crippen LogP contribution < -0.4 is 9.47 Å². The fourth-order valence-electron chi connectivity index (χ4n) is 4.34. The smallest absolute Gasteiger partial charge is 0.262 e. The summed E-state index contributed by atoms with van der Waals surface area (Å²) in [4.78, 5) is 8.93. The van der Waals surface area contributed by atoms with E-state index in [9.17, 15) is 0 Å². The minimum Gasteiger partial charge on any atom is -0.491 e. The van der Waals surface area contributed by atoms with Crippen LogP contribution in [0.15, 0.2) is 109 Å². The topological polar surface area (TPSA) is 49.2 Å². The van der Waals surface area contributed by atoms with Crippen molar-refractivity contribution in [3.63, 3.8) is 0 Å². The summed E-state index contributed by atoms with van der Waals surface area (Å²) in [6.45, 7) is 0. The summed E-state index contributed by atoms with van der Waals surface area (Å²) in [6.07, 6.45) is 3.51. The van der Waals surface area contributed by atoms with Crippen LogP contribution in [0.3, 0.4) is 0 Å². The summed E-state index contributed by atoms with van der Waals surface area (Å²) in [5.74, 6) is 2.62. The van der Waals surface area contributed by atoms with Gasteiger partial charge >= 0.3 is 0 Å². The molecule has 0 aliphatic carbocycles. The van der Waals surface area contributed by atoms with Gasteiger partial charge in [0.15, 0.2) is 5.75 Å². The van der Waals surface area contributed by atoms with E-state index in [1.165, 1.54) is 10.8 Å². The predicted octanol–water partition coefficient (Wildman–Crippen LogP) is 7.04. The zero-order valence-electron chi connectivity index (χ0n) is 18.6. The number of rotatable bonds is 5. The number of aromatic nitrogens is 3. The largest absolute Gasteiger partial charge is 0.491 e. The molecule has 0 saturated heterocycles. The zero-order valence-corrected chi connectivity index (χ0v) is 18.6. The van der Waals surface area contributed by atoms with Crippen molar-refractivity contribution in [2.45, 2.75) is 0 Å². The number of para-hydroxylation sites is 1. The van der Waals surface area contributed by atoms with Crippen LogP contribution in [0.4, 0.5) is 0 Å². The minimum atomic E-state index is 0.438. The second-order valence-corrected chi connectivity index (χ2v) is 7.91. The van der Waals surface area contributed by atoms with Crippen LogP contribution in [0.5, 0.6) is 17.4 Å². The SMILES string of the molecule is COc1cccnc1Oc1cccc(-c2ccc3c4ccccc4n(-c4ccccn4)c3c2)c1. The molecule has 0 N–H and O–H groups in total. The van der Waals surface area contributed by atoms with Gasteiger partial charge in [0.25, 0.3) is 5.88 Å². The van der Waals surface area contributed by atoms with Crippen molar-refractivity contribution in [2.24, 2.45) is 0 Å². The summed E-state index contributed by atoms with van der Waals surface area (Å²) in [5.41, 5.74) is 4.38. The third-order valence-electron chi connectivity index (χ3n) is 5.89. The molecule has 0 spiro atoms. The molecule has 0 fully saturated rings. The lowest BCUT2D eigenvalue weighted by atomic mass is 10.0. The van der Waals surface area contributed by atoms with Crippen molar-refractivity contribution in [3.8, 4) is 34.3 Å². The van der Waals surface area contributed by atoms with Gasteiger partial charge in [-0.3, -0.25) is 4.57 Å². The molecule has 0 radical (unpaired) electrons. The zero-order chi connectivity index (χ0) is 22.9. The van der Waals surface area contributed by atoms with E-state index in [2.05, 4.69) is 63.1 Å². The van der Waals surface area contributed by atoms with Gasteiger partial charge in [-0.2, -0.15) is 0 Å². The highest BCUT2D eigenvalue weighted by Crippen LogP contribution is 2.36. The van der Waals surface area contributed by atoms with E-state index in [0.29, 0.717) is 17.4 Å². The molecule has 0 amide bonds. The van der Waals surface area contributed by atoms with E-state index in [1.807, 2.05) is 54.7 Å². The minimum absolute atomic E-state index is 0.438. The molecule has 6 aromatic rings. The van der Waals surface area contributed by atoms with Crippen LogP contribution in [0.2, 0.25) is 0 Å². The van der Waals surface area contributed by atoms with Crippen molar-refractivity contribution >= 4 is 21.8 Å². The first-order chi connectivity index (χ1) is 16.8. The highest BCUT2D eigenvalue weighted by molar-refractivity contribution is 6.10. The molecule has 0 aliphatic heterocycles. The summed E-state index contributed by atoms with van der Waals surface area (Å²) in [6, 6.07) is 32.6. The standard InChI is InChI=1S/C29H21N3O2/c1-33-27-12-7-17-31-29(27)34-22-9-6-8-20(18-22)21-14-15-24-23-10-2-3-11-25(23)32(26(24)19-21)28-13-4-5-16-30-28/h2-19H,1H3. The van der Waals surface area contributed by atoms with Crippen LogP contribution >= 0.6 is 0 Å². The summed E-state index contributed by atoms with van der Waals surface area (Å²) < 4.78 is 13.6. The lowest BCUT2D eigenvalue weighted by Crippen LogP contribution is -1.96. The number of fused-ring (bicyclic) bond motifs is 3. The van der Waals surface area contributed by atoms with Crippen molar-refractivity contribution < 1.29 is 9.47 Å². The number of pyridine rings is 2. The number of methoxy groups -OCH3 is 1. The summed E-state index contributed by atoms with van der Waals surface area (Å²) in [5, 5.41) is 2.39. The van der Waals surface area contributed by atoms with Crippen molar-refractivity contribution in [1.29, 1.82) is 0 Å². The highest BCUT2D eigenvalue weighted by atomic mass is 16.5. The summed E-state index contributed by atoms with van der Waals surface area (Å²) >= 11 is 0. The molecule has 0 unspecified atom stereocenters. The Morgan fingerprint density at radius 1 is 0.647 bits per heavy atom. The van der Waals surface area contributed by atoms with E-state index in [1.54, 1.807) is 13.3 Å². The summed E-state index contributed by atoms with van der Waals surface area (Å²) in [7, 11) is 1.61. The highest BCUT2D eigenvalue weighted by Gasteiger charge is 2.14. The van der Waals surface area contributed by atoms with Gasteiger partial charge < -0.3 is 9.47 Å². The van der Waals surface area contributed by atoms with Crippen molar-refractivity contribution in [2.75, 3.05) is 7.11 Å². The molecule has 0 aliphatic rings. The van der Waals surface area contributed by atoms with Gasteiger partial charge in [-0.1, -0.05) is 48.5 Å². The second kappa shape index (κ2) is 8.37. The van der Waals surface area contributed by atoms with Crippen LogP contribution in [-0.2, 0) is 0 Å². The Morgan fingerprint density at radius 2 is 1.47 bits per heavy atom. The number of ether oxygens (including phenoxy) is 2. The maximum absolute atomic E-state index is 6.04. The van der Waals surface area contributed by atoms with E-state index in [0.717, 1.165) is 28.0 Å². The van der Waals surface area contributed by atoms with E-state index >= 15 is 0 Å². The third-order valence-corrected chi connectivity index (χ3v) is 5.89. The fourth-order valence-corrected chi connectivity index (χ4v) is 4.34. The molecule has 5 heteroatoms. The Hall–Kier alpha value is -4.64. The molecule has 6 rings (SSSR count). The quantitative estimate of drug-likeness (QED) is 0.287. The van der Waals surface area contributed by atoms with Gasteiger partial charge in [0.1, 0.15) is 11.6 Å². The monoisotopic (exact) mass is 443 g/mol. The van der Waals surface area contributed by atoms with E-state index < -0.39 is 0 Å². The lowest BCUT2D eigenvalue weighted by Gasteiger charge is -2.11. The fraction of sp³-hybridized carbons (Fsp3) is 0.0345. The normalized spacial score (nSPS) is 11.1. The van der Waals surface area contributed by atoms with E-state index in [4.69, 9.17) is 9.47 Å². The van der Waals surface area contributed by atoms with Crippen LogP contribution in [0.1, 0.15) is 0 Å². The number of hydrogen-bond acceptors (Lipinski definition) is 4. The van der Waals surface area contributed by atoms with Crippen LogP contribution in [0.25, 0.3) is 38.8 Å². The predicted molar refractivity (Wildman–Crippen MR) is 135 cm³/mol. The van der Waals surface area contributed by atoms with Crippen molar-refractivity contribution in [1.82, 2.24) is 14.5 Å². The Bertz CT molecular complexity index is 1620. The molecular weight excluding hydrogens is 422 g/mol. The Morgan fingerprint density at radius 3 is 2.35 bits per heavy atom. The Labute approximate surface area is 196 Å². The first-order valence-corrected chi connectivity index (χ1v) is 11.0. The van der Waals surface area contributed by atoms with Crippen molar-refractivity contribution in [3.05, 3.63) is 109 Å².